The molecule has 4 aromatic carbocycles. The average Bonchev–Trinajstić information content (AvgIpc) is 2.85. The van der Waals surface area contributed by atoms with E-state index < -0.39 is 6.10 Å². The van der Waals surface area contributed by atoms with E-state index >= 15 is 0 Å². The molecule has 156 valence electrons. The minimum Gasteiger partial charge on any atom is -0.473 e. The van der Waals surface area contributed by atoms with Crippen molar-refractivity contribution in [2.24, 2.45) is 0 Å². The third-order valence-electron chi connectivity index (χ3n) is 5.30. The Hall–Kier alpha value is -3.82. The normalized spacial score (nSPS) is 11.1. The second-order valence-corrected chi connectivity index (χ2v) is 7.85. The Morgan fingerprint density at radius 2 is 1.25 bits per heavy atom. The van der Waals surface area contributed by atoms with E-state index in [0.717, 1.165) is 11.1 Å². The highest BCUT2D eigenvalue weighted by Crippen LogP contribution is 2.36. The predicted molar refractivity (Wildman–Crippen MR) is 128 cm³/mol. The number of halogens is 1. The zero-order valence-corrected chi connectivity index (χ0v) is 17.8. The van der Waals surface area contributed by atoms with Crippen LogP contribution in [-0.4, -0.2) is 0 Å². The van der Waals surface area contributed by atoms with Gasteiger partial charge in [-0.05, 0) is 47.5 Å². The Bertz CT molecular complexity index is 1370. The van der Waals surface area contributed by atoms with Crippen LogP contribution in [0, 0.1) is 0 Å². The van der Waals surface area contributed by atoms with Crippen LogP contribution >= 0.6 is 11.6 Å². The summed E-state index contributed by atoms with van der Waals surface area (Å²) in [5.41, 5.74) is 2.88. The Morgan fingerprint density at radius 1 is 0.688 bits per heavy atom. The molecule has 0 aliphatic rings. The van der Waals surface area contributed by atoms with Crippen molar-refractivity contribution in [2.45, 2.75) is 6.10 Å². The fourth-order valence-corrected chi connectivity index (χ4v) is 3.85. The van der Waals surface area contributed by atoms with Gasteiger partial charge in [0.25, 0.3) is 0 Å². The largest absolute Gasteiger partial charge is 0.473 e. The highest BCUT2D eigenvalue weighted by Gasteiger charge is 2.23. The van der Waals surface area contributed by atoms with Gasteiger partial charge in [-0.2, -0.15) is 0 Å². The maximum Gasteiger partial charge on any atom is 0.235 e. The smallest absolute Gasteiger partial charge is 0.235 e. The summed E-state index contributed by atoms with van der Waals surface area (Å²) in [7, 11) is 0. The highest BCUT2D eigenvalue weighted by atomic mass is 35.5. The number of fused-ring (bicyclic) bond motifs is 1. The fourth-order valence-electron chi connectivity index (χ4n) is 3.73. The van der Waals surface area contributed by atoms with Gasteiger partial charge < -0.3 is 9.15 Å². The van der Waals surface area contributed by atoms with Crippen LogP contribution in [0.5, 0.6) is 5.75 Å². The van der Waals surface area contributed by atoms with Crippen molar-refractivity contribution in [2.75, 3.05) is 0 Å². The van der Waals surface area contributed by atoms with Gasteiger partial charge in [0.1, 0.15) is 11.7 Å². The van der Waals surface area contributed by atoms with Crippen LogP contribution in [0.25, 0.3) is 22.3 Å². The second-order valence-electron chi connectivity index (χ2n) is 7.41. The molecule has 0 spiro atoms. The first-order valence-corrected chi connectivity index (χ1v) is 10.7. The lowest BCUT2D eigenvalue weighted by molar-refractivity contribution is 0.241. The van der Waals surface area contributed by atoms with Gasteiger partial charge in [0.15, 0.2) is 5.76 Å². The van der Waals surface area contributed by atoms with Crippen LogP contribution in [0.4, 0.5) is 0 Å². The maximum absolute atomic E-state index is 13.6. The zero-order chi connectivity index (χ0) is 21.9. The van der Waals surface area contributed by atoms with Crippen molar-refractivity contribution in [3.63, 3.8) is 0 Å². The summed E-state index contributed by atoms with van der Waals surface area (Å²) in [4.78, 5) is 13.6. The van der Waals surface area contributed by atoms with E-state index in [1.807, 2.05) is 84.9 Å². The van der Waals surface area contributed by atoms with E-state index in [-0.39, 0.29) is 11.2 Å². The summed E-state index contributed by atoms with van der Waals surface area (Å²) in [6.07, 6.45) is -0.479. The minimum absolute atomic E-state index is 0.170. The molecule has 1 aromatic heterocycles. The Morgan fingerprint density at radius 3 is 1.88 bits per heavy atom. The summed E-state index contributed by atoms with van der Waals surface area (Å²) >= 11 is 6.09. The first kappa shape index (κ1) is 20.1. The maximum atomic E-state index is 13.6. The van der Waals surface area contributed by atoms with Gasteiger partial charge in [-0.25, -0.2) is 0 Å². The quantitative estimate of drug-likeness (QED) is 0.289. The standard InChI is InChI=1S/C28H19ClO3/c29-22-17-15-21(16-18-22)27-28(25(30)23-13-7-8-14-24(23)31-27)32-26(19-9-3-1-4-10-19)20-11-5-2-6-12-20/h1-18,26H. The molecule has 5 aromatic rings. The van der Waals surface area contributed by atoms with Gasteiger partial charge in [-0.3, -0.25) is 4.79 Å². The minimum atomic E-state index is -0.479. The summed E-state index contributed by atoms with van der Waals surface area (Å²) in [5, 5.41) is 1.07. The molecule has 0 unspecified atom stereocenters. The van der Waals surface area contributed by atoms with Crippen molar-refractivity contribution in [1.29, 1.82) is 0 Å². The van der Waals surface area contributed by atoms with Gasteiger partial charge in [-0.1, -0.05) is 84.4 Å². The summed E-state index contributed by atoms with van der Waals surface area (Å²) in [5.74, 6) is 0.547. The molecule has 3 nitrogen and oxygen atoms in total. The van der Waals surface area contributed by atoms with Crippen molar-refractivity contribution in [3.05, 3.63) is 136 Å². The monoisotopic (exact) mass is 438 g/mol. The fraction of sp³-hybridized carbons (Fsp3) is 0.0357. The van der Waals surface area contributed by atoms with Gasteiger partial charge in [0.2, 0.25) is 11.2 Å². The molecule has 5 rings (SSSR count). The van der Waals surface area contributed by atoms with Crippen molar-refractivity contribution in [1.82, 2.24) is 0 Å². The molecule has 0 radical (unpaired) electrons. The van der Waals surface area contributed by atoms with Crippen LogP contribution in [0.15, 0.2) is 118 Å². The Labute approximate surface area is 190 Å². The van der Waals surface area contributed by atoms with Crippen LogP contribution in [0.2, 0.25) is 5.02 Å². The predicted octanol–water partition coefficient (Wildman–Crippen LogP) is 7.28. The van der Waals surface area contributed by atoms with Crippen LogP contribution < -0.4 is 10.2 Å². The summed E-state index contributed by atoms with van der Waals surface area (Å²) in [6.45, 7) is 0. The molecular formula is C28H19ClO3. The van der Waals surface area contributed by atoms with E-state index in [2.05, 4.69) is 0 Å². The molecule has 0 saturated heterocycles. The molecule has 32 heavy (non-hydrogen) atoms. The van der Waals surface area contributed by atoms with Crippen LogP contribution in [-0.2, 0) is 0 Å². The van der Waals surface area contributed by atoms with Crippen molar-refractivity contribution >= 4 is 22.6 Å². The lowest BCUT2D eigenvalue weighted by atomic mass is 10.0. The second kappa shape index (κ2) is 8.74. The molecule has 0 saturated carbocycles. The lowest BCUT2D eigenvalue weighted by Gasteiger charge is -2.21. The molecule has 0 aliphatic heterocycles. The number of hydrogen-bond acceptors (Lipinski definition) is 3. The molecular weight excluding hydrogens is 420 g/mol. The molecule has 4 heteroatoms. The van der Waals surface area contributed by atoms with Crippen molar-refractivity contribution in [3.8, 4) is 17.1 Å². The summed E-state index contributed by atoms with van der Waals surface area (Å²) < 4.78 is 12.7. The van der Waals surface area contributed by atoms with Gasteiger partial charge in [0.05, 0.1) is 5.39 Å². The molecule has 0 bridgehead atoms. The molecule has 0 aliphatic carbocycles. The van der Waals surface area contributed by atoms with E-state index in [1.165, 1.54) is 0 Å². The summed E-state index contributed by atoms with van der Waals surface area (Å²) in [6, 6.07) is 34.0. The topological polar surface area (TPSA) is 39.4 Å². The highest BCUT2D eigenvalue weighted by molar-refractivity contribution is 6.30. The SMILES string of the molecule is O=c1c(OC(c2ccccc2)c2ccccc2)c(-c2ccc(Cl)cc2)oc2ccccc12. The third kappa shape index (κ3) is 3.91. The van der Waals surface area contributed by atoms with Crippen LogP contribution in [0.3, 0.4) is 0 Å². The first-order chi connectivity index (χ1) is 15.7. The van der Waals surface area contributed by atoms with E-state index in [4.69, 9.17) is 20.8 Å². The number of para-hydroxylation sites is 1. The number of benzene rings is 4. The molecule has 0 fully saturated rings. The molecule has 0 atom stereocenters. The third-order valence-corrected chi connectivity index (χ3v) is 5.55. The first-order valence-electron chi connectivity index (χ1n) is 10.3. The number of rotatable bonds is 5. The van der Waals surface area contributed by atoms with Gasteiger partial charge in [-0.15, -0.1) is 0 Å². The van der Waals surface area contributed by atoms with Crippen molar-refractivity contribution < 1.29 is 9.15 Å². The van der Waals surface area contributed by atoms with E-state index in [9.17, 15) is 4.79 Å². The lowest BCUT2D eigenvalue weighted by Crippen LogP contribution is -2.16. The Balaban J connectivity index is 1.73. The van der Waals surface area contributed by atoms with Gasteiger partial charge in [0, 0.05) is 10.6 Å². The number of hydrogen-bond donors (Lipinski definition) is 0. The van der Waals surface area contributed by atoms with Crippen LogP contribution in [0.1, 0.15) is 17.2 Å². The molecule has 1 heterocycles. The van der Waals surface area contributed by atoms with E-state index in [0.29, 0.717) is 27.3 Å². The molecule has 0 amide bonds. The zero-order valence-electron chi connectivity index (χ0n) is 17.1. The van der Waals surface area contributed by atoms with E-state index in [1.54, 1.807) is 24.3 Å². The Kier molecular flexibility index (Phi) is 5.49. The number of ether oxygens (including phenoxy) is 1. The average molecular weight is 439 g/mol. The molecule has 0 N–H and O–H groups in total. The van der Waals surface area contributed by atoms with Gasteiger partial charge >= 0.3 is 0 Å².